The Morgan fingerprint density at radius 3 is 2.75 bits per heavy atom. The second-order valence-electron chi connectivity index (χ2n) is 6.68. The van der Waals surface area contributed by atoms with E-state index < -0.39 is 0 Å². The van der Waals surface area contributed by atoms with Crippen LogP contribution in [0.15, 0.2) is 11.4 Å². The van der Waals surface area contributed by atoms with Gasteiger partial charge in [0.05, 0.1) is 12.2 Å². The van der Waals surface area contributed by atoms with E-state index in [0.717, 1.165) is 19.1 Å². The van der Waals surface area contributed by atoms with Crippen LogP contribution in [0.25, 0.3) is 0 Å². The van der Waals surface area contributed by atoms with Gasteiger partial charge in [-0.05, 0) is 42.7 Å². The average molecular weight is 291 g/mol. The second-order valence-corrected chi connectivity index (χ2v) is 7.68. The maximum Gasteiger partial charge on any atom is 0.0966 e. The van der Waals surface area contributed by atoms with Crippen molar-refractivity contribution < 1.29 is 4.74 Å². The summed E-state index contributed by atoms with van der Waals surface area (Å²) < 4.78 is 6.31. The molecular formula is C17H25NOS. The molecule has 3 heteroatoms. The van der Waals surface area contributed by atoms with Crippen LogP contribution in [0.3, 0.4) is 0 Å². The van der Waals surface area contributed by atoms with Gasteiger partial charge in [0.1, 0.15) is 0 Å². The van der Waals surface area contributed by atoms with Crippen LogP contribution in [0.4, 0.5) is 0 Å². The molecule has 4 rings (SSSR count). The summed E-state index contributed by atoms with van der Waals surface area (Å²) in [6, 6.07) is 3.20. The Bertz CT molecular complexity index is 455. The molecule has 2 fully saturated rings. The first-order chi connectivity index (χ1) is 9.87. The van der Waals surface area contributed by atoms with Gasteiger partial charge in [0.15, 0.2) is 0 Å². The normalized spacial score (nSPS) is 27.6. The zero-order valence-electron chi connectivity index (χ0n) is 12.3. The molecule has 2 aliphatic heterocycles. The first-order valence-electron chi connectivity index (χ1n) is 8.32. The van der Waals surface area contributed by atoms with Crippen LogP contribution in [-0.4, -0.2) is 30.6 Å². The summed E-state index contributed by atoms with van der Waals surface area (Å²) in [5.74, 6) is 0. The average Bonchev–Trinajstić information content (AvgIpc) is 2.99. The lowest BCUT2D eigenvalue weighted by Crippen LogP contribution is -2.49. The number of fused-ring (bicyclic) bond motifs is 2. The molecule has 1 saturated heterocycles. The largest absolute Gasteiger partial charge is 0.370 e. The Kier molecular flexibility index (Phi) is 3.61. The number of thiophene rings is 1. The van der Waals surface area contributed by atoms with Crippen LogP contribution in [0.5, 0.6) is 0 Å². The first kappa shape index (κ1) is 13.3. The van der Waals surface area contributed by atoms with Gasteiger partial charge in [-0.1, -0.05) is 19.3 Å². The van der Waals surface area contributed by atoms with E-state index in [0.29, 0.717) is 0 Å². The summed E-state index contributed by atoms with van der Waals surface area (Å²) in [6.45, 7) is 3.40. The first-order valence-corrected chi connectivity index (χ1v) is 9.20. The van der Waals surface area contributed by atoms with Gasteiger partial charge >= 0.3 is 0 Å². The molecule has 0 bridgehead atoms. The summed E-state index contributed by atoms with van der Waals surface area (Å²) in [5, 5.41) is 2.26. The van der Waals surface area contributed by atoms with Crippen molar-refractivity contribution >= 4 is 11.3 Å². The molecule has 20 heavy (non-hydrogen) atoms. The van der Waals surface area contributed by atoms with Crippen molar-refractivity contribution in [1.29, 1.82) is 0 Å². The molecule has 110 valence electrons. The Hall–Kier alpha value is -0.380. The molecule has 1 aliphatic carbocycles. The standard InChI is InChI=1S/C17H25NOS/c1-2-4-14(5-3-1)18-10-8-17(9-11-18)15-7-13-20-16(15)6-12-19-17/h7,13-14H,1-6,8-12H2. The van der Waals surface area contributed by atoms with E-state index in [-0.39, 0.29) is 5.60 Å². The highest BCUT2D eigenvalue weighted by molar-refractivity contribution is 7.10. The third kappa shape index (κ3) is 2.24. The minimum atomic E-state index is 0.0682. The summed E-state index contributed by atoms with van der Waals surface area (Å²) in [5.41, 5.74) is 1.59. The van der Waals surface area contributed by atoms with E-state index in [1.807, 2.05) is 11.3 Å². The van der Waals surface area contributed by atoms with E-state index in [2.05, 4.69) is 16.3 Å². The van der Waals surface area contributed by atoms with E-state index >= 15 is 0 Å². The van der Waals surface area contributed by atoms with Crippen molar-refractivity contribution in [3.63, 3.8) is 0 Å². The van der Waals surface area contributed by atoms with Crippen LogP contribution in [0.2, 0.25) is 0 Å². The molecule has 3 heterocycles. The lowest BCUT2D eigenvalue weighted by molar-refractivity contribution is -0.103. The Balaban J connectivity index is 1.47. The van der Waals surface area contributed by atoms with Gasteiger partial charge in [0.2, 0.25) is 0 Å². The molecule has 3 aliphatic rings. The predicted octanol–water partition coefficient (Wildman–Crippen LogP) is 3.94. The molecule has 0 atom stereocenters. The van der Waals surface area contributed by atoms with Crippen molar-refractivity contribution in [2.75, 3.05) is 19.7 Å². The van der Waals surface area contributed by atoms with Gasteiger partial charge in [-0.2, -0.15) is 0 Å². The molecule has 0 amide bonds. The van der Waals surface area contributed by atoms with E-state index in [9.17, 15) is 0 Å². The van der Waals surface area contributed by atoms with Crippen LogP contribution in [0, 0.1) is 0 Å². The monoisotopic (exact) mass is 291 g/mol. The van der Waals surface area contributed by atoms with Gasteiger partial charge in [-0.3, -0.25) is 0 Å². The fourth-order valence-electron chi connectivity index (χ4n) is 4.47. The number of nitrogens with zero attached hydrogens (tertiary/aromatic N) is 1. The van der Waals surface area contributed by atoms with E-state index in [4.69, 9.17) is 4.74 Å². The smallest absolute Gasteiger partial charge is 0.0966 e. The summed E-state index contributed by atoms with van der Waals surface area (Å²) in [4.78, 5) is 4.34. The van der Waals surface area contributed by atoms with Gasteiger partial charge in [-0.25, -0.2) is 0 Å². The van der Waals surface area contributed by atoms with Crippen molar-refractivity contribution in [2.24, 2.45) is 0 Å². The minimum Gasteiger partial charge on any atom is -0.370 e. The third-order valence-corrected chi connectivity index (χ3v) is 6.62. The quantitative estimate of drug-likeness (QED) is 0.777. The van der Waals surface area contributed by atoms with E-state index in [1.165, 1.54) is 63.6 Å². The molecule has 0 aromatic carbocycles. The fraction of sp³-hybridized carbons (Fsp3) is 0.765. The predicted molar refractivity (Wildman–Crippen MR) is 83.3 cm³/mol. The Morgan fingerprint density at radius 1 is 1.15 bits per heavy atom. The third-order valence-electron chi connectivity index (χ3n) is 5.64. The molecule has 1 aromatic heterocycles. The van der Waals surface area contributed by atoms with Gasteiger partial charge in [0, 0.05) is 30.4 Å². The molecule has 0 N–H and O–H groups in total. The Morgan fingerprint density at radius 2 is 1.95 bits per heavy atom. The number of hydrogen-bond donors (Lipinski definition) is 0. The lowest BCUT2D eigenvalue weighted by atomic mass is 9.81. The van der Waals surface area contributed by atoms with Gasteiger partial charge in [0.25, 0.3) is 0 Å². The number of rotatable bonds is 1. The van der Waals surface area contributed by atoms with Crippen LogP contribution < -0.4 is 0 Å². The van der Waals surface area contributed by atoms with Crippen LogP contribution in [0.1, 0.15) is 55.4 Å². The summed E-state index contributed by atoms with van der Waals surface area (Å²) >= 11 is 1.93. The molecule has 1 spiro atoms. The van der Waals surface area contributed by atoms with Crippen LogP contribution in [-0.2, 0) is 16.8 Å². The van der Waals surface area contributed by atoms with Gasteiger partial charge in [-0.15, -0.1) is 11.3 Å². The van der Waals surface area contributed by atoms with Crippen LogP contribution >= 0.6 is 11.3 Å². The fourth-order valence-corrected chi connectivity index (χ4v) is 5.42. The summed E-state index contributed by atoms with van der Waals surface area (Å²) in [6.07, 6.45) is 10.7. The Labute approximate surface area is 126 Å². The number of likely N-dealkylation sites (tertiary alicyclic amines) is 1. The maximum absolute atomic E-state index is 6.31. The van der Waals surface area contributed by atoms with Crippen molar-refractivity contribution in [3.05, 3.63) is 21.9 Å². The number of hydrogen-bond acceptors (Lipinski definition) is 3. The van der Waals surface area contributed by atoms with E-state index in [1.54, 1.807) is 4.88 Å². The zero-order valence-corrected chi connectivity index (χ0v) is 13.1. The topological polar surface area (TPSA) is 12.5 Å². The summed E-state index contributed by atoms with van der Waals surface area (Å²) in [7, 11) is 0. The highest BCUT2D eigenvalue weighted by atomic mass is 32.1. The molecule has 1 saturated carbocycles. The molecule has 2 nitrogen and oxygen atoms in total. The maximum atomic E-state index is 6.31. The van der Waals surface area contributed by atoms with Crippen molar-refractivity contribution in [1.82, 2.24) is 4.90 Å². The number of ether oxygens (including phenoxy) is 1. The van der Waals surface area contributed by atoms with Gasteiger partial charge < -0.3 is 9.64 Å². The molecule has 0 radical (unpaired) electrons. The highest BCUT2D eigenvalue weighted by Gasteiger charge is 2.42. The van der Waals surface area contributed by atoms with Crippen molar-refractivity contribution in [3.8, 4) is 0 Å². The lowest BCUT2D eigenvalue weighted by Gasteiger charge is -2.46. The molecule has 0 unspecified atom stereocenters. The minimum absolute atomic E-state index is 0.0682. The number of piperidine rings is 1. The highest BCUT2D eigenvalue weighted by Crippen LogP contribution is 2.44. The molecular weight excluding hydrogens is 266 g/mol. The zero-order chi connectivity index (χ0) is 13.4. The molecule has 1 aromatic rings. The second kappa shape index (κ2) is 5.43. The van der Waals surface area contributed by atoms with Crippen molar-refractivity contribution in [2.45, 2.75) is 63.0 Å². The SMILES string of the molecule is c1cc2c(s1)CCOC21CCN(C2CCCCC2)CC1.